The van der Waals surface area contributed by atoms with Gasteiger partial charge in [0.1, 0.15) is 23.0 Å². The number of amides is 1. The van der Waals surface area contributed by atoms with Gasteiger partial charge in [-0.3, -0.25) is 4.57 Å². The number of hydrogen-bond donors (Lipinski definition) is 1. The quantitative estimate of drug-likeness (QED) is 0.228. The third-order valence-electron chi connectivity index (χ3n) is 9.14. The highest BCUT2D eigenvalue weighted by molar-refractivity contribution is 5.96. The first-order chi connectivity index (χ1) is 23.2. The van der Waals surface area contributed by atoms with Crippen molar-refractivity contribution in [1.82, 2.24) is 14.5 Å². The molecular formula is C36H48F3N5O5. The molecule has 0 saturated carbocycles. The monoisotopic (exact) mass is 687 g/mol. The van der Waals surface area contributed by atoms with Crippen molar-refractivity contribution in [2.45, 2.75) is 77.9 Å². The number of anilines is 2. The highest BCUT2D eigenvalue weighted by Crippen LogP contribution is 2.44. The van der Waals surface area contributed by atoms with E-state index in [2.05, 4.69) is 22.1 Å². The van der Waals surface area contributed by atoms with Crippen molar-refractivity contribution in [3.05, 3.63) is 57.8 Å². The van der Waals surface area contributed by atoms with E-state index in [1.54, 1.807) is 34.7 Å². The lowest BCUT2D eigenvalue weighted by molar-refractivity contribution is -0.0885. The largest absolute Gasteiger partial charge is 0.491 e. The lowest BCUT2D eigenvalue weighted by Gasteiger charge is -2.37. The van der Waals surface area contributed by atoms with Gasteiger partial charge in [-0.2, -0.15) is 4.98 Å². The third-order valence-corrected chi connectivity index (χ3v) is 9.14. The molecule has 3 heterocycles. The van der Waals surface area contributed by atoms with Gasteiger partial charge >= 0.3 is 11.8 Å². The lowest BCUT2D eigenvalue weighted by atomic mass is 9.85. The van der Waals surface area contributed by atoms with Crippen LogP contribution in [0.25, 0.3) is 10.9 Å². The zero-order valence-electron chi connectivity index (χ0n) is 29.3. The van der Waals surface area contributed by atoms with E-state index in [1.165, 1.54) is 21.6 Å². The number of aryl methyl sites for hydroxylation is 1. The molecular weight excluding hydrogens is 639 g/mol. The summed E-state index contributed by atoms with van der Waals surface area (Å²) in [5, 5.41) is 3.75. The molecule has 2 aromatic carbocycles. The van der Waals surface area contributed by atoms with Crippen LogP contribution in [-0.4, -0.2) is 72.1 Å². The summed E-state index contributed by atoms with van der Waals surface area (Å²) in [6.07, 6.45) is 1.22. The number of rotatable bonds is 10. The van der Waals surface area contributed by atoms with E-state index in [9.17, 15) is 9.59 Å². The van der Waals surface area contributed by atoms with Crippen molar-refractivity contribution in [3.8, 4) is 5.75 Å². The van der Waals surface area contributed by atoms with Gasteiger partial charge in [0.05, 0.1) is 36.9 Å². The molecule has 268 valence electrons. The van der Waals surface area contributed by atoms with Crippen molar-refractivity contribution in [3.63, 3.8) is 0 Å². The summed E-state index contributed by atoms with van der Waals surface area (Å²) in [5.41, 5.74) is -0.526. The summed E-state index contributed by atoms with van der Waals surface area (Å²) < 4.78 is 66.7. The first-order valence-electron chi connectivity index (χ1n) is 17.1. The van der Waals surface area contributed by atoms with Crippen LogP contribution < -0.4 is 20.6 Å². The Kier molecular flexibility index (Phi) is 11.0. The average Bonchev–Trinajstić information content (AvgIpc) is 3.06. The minimum absolute atomic E-state index is 0.00106. The summed E-state index contributed by atoms with van der Waals surface area (Å²) in [4.78, 5) is 33.5. The topological polar surface area (TPSA) is 98.2 Å². The van der Waals surface area contributed by atoms with E-state index in [0.717, 1.165) is 24.6 Å². The number of morpholine rings is 1. The number of aromatic nitrogens is 2. The number of carbonyl (C=O) groups excluding carboxylic acids is 1. The van der Waals surface area contributed by atoms with Crippen molar-refractivity contribution in [1.29, 1.82) is 0 Å². The molecule has 3 aromatic rings. The maximum Gasteiger partial charge on any atom is 0.410 e. The fraction of sp³-hybridized carbons (Fsp3) is 0.583. The van der Waals surface area contributed by atoms with Crippen LogP contribution in [0.3, 0.4) is 0 Å². The van der Waals surface area contributed by atoms with E-state index in [0.29, 0.717) is 49.6 Å². The van der Waals surface area contributed by atoms with Crippen LogP contribution in [0.15, 0.2) is 35.1 Å². The second kappa shape index (κ2) is 14.9. The molecule has 0 bridgehead atoms. The molecule has 49 heavy (non-hydrogen) atoms. The van der Waals surface area contributed by atoms with Gasteiger partial charge in [-0.05, 0) is 53.0 Å². The number of hydrogen-bond acceptors (Lipinski definition) is 8. The zero-order valence-corrected chi connectivity index (χ0v) is 29.3. The molecule has 10 nitrogen and oxygen atoms in total. The number of fused-ring (bicyclic) bond motifs is 1. The fourth-order valence-electron chi connectivity index (χ4n) is 6.39. The number of alkyl halides is 2. The summed E-state index contributed by atoms with van der Waals surface area (Å²) >= 11 is 0. The van der Waals surface area contributed by atoms with Gasteiger partial charge in [-0.25, -0.2) is 22.8 Å². The summed E-state index contributed by atoms with van der Waals surface area (Å²) in [5.74, 6) is -4.94. The summed E-state index contributed by atoms with van der Waals surface area (Å²) in [6.45, 7) is 12.1. The van der Waals surface area contributed by atoms with E-state index >= 15 is 13.2 Å². The fourth-order valence-corrected chi connectivity index (χ4v) is 6.39. The Morgan fingerprint density at radius 1 is 1.12 bits per heavy atom. The van der Waals surface area contributed by atoms with Crippen molar-refractivity contribution in [2.24, 2.45) is 13.0 Å². The van der Waals surface area contributed by atoms with Crippen molar-refractivity contribution < 1.29 is 32.2 Å². The zero-order chi connectivity index (χ0) is 35.5. The van der Waals surface area contributed by atoms with Gasteiger partial charge in [0, 0.05) is 61.8 Å². The number of piperidine rings is 1. The number of nitrogens with zero attached hydrogens (tertiary/aromatic N) is 4. The Labute approximate surface area is 285 Å². The van der Waals surface area contributed by atoms with Gasteiger partial charge in [0.25, 0.3) is 5.92 Å². The van der Waals surface area contributed by atoms with Crippen LogP contribution in [0, 0.1) is 11.7 Å². The van der Waals surface area contributed by atoms with Crippen molar-refractivity contribution >= 4 is 28.5 Å². The molecule has 0 unspecified atom stereocenters. The average molecular weight is 688 g/mol. The third kappa shape index (κ3) is 8.08. The molecule has 2 saturated heterocycles. The maximum atomic E-state index is 16.1. The Morgan fingerprint density at radius 2 is 1.82 bits per heavy atom. The van der Waals surface area contributed by atoms with Crippen LogP contribution in [0.1, 0.15) is 77.5 Å². The van der Waals surface area contributed by atoms with Crippen LogP contribution in [0.5, 0.6) is 5.75 Å². The number of carbonyl (C=O) groups is 1. The molecule has 1 atom stereocenters. The van der Waals surface area contributed by atoms with Crippen LogP contribution in [-0.2, 0) is 22.4 Å². The SMILES string of the molecule is CCCCOc1cc(N2CCOCC2)cc2c(N[C@H](C)c3cccc(C(F)(F)C4CCN(C(=O)OC(C)(C)C)CC4)c3F)nc(=O)n(C)c12. The van der Waals surface area contributed by atoms with Crippen LogP contribution in [0.4, 0.5) is 29.5 Å². The first-order valence-corrected chi connectivity index (χ1v) is 17.1. The van der Waals surface area contributed by atoms with E-state index in [1.807, 2.05) is 12.1 Å². The molecule has 1 amide bonds. The molecule has 1 aromatic heterocycles. The number of unbranched alkanes of at least 4 members (excludes halogenated alkanes) is 1. The summed E-state index contributed by atoms with van der Waals surface area (Å²) in [6, 6.07) is 7.00. The number of benzene rings is 2. The minimum Gasteiger partial charge on any atom is -0.491 e. The van der Waals surface area contributed by atoms with Gasteiger partial charge in [0.15, 0.2) is 0 Å². The number of ether oxygens (including phenoxy) is 3. The standard InChI is InChI=1S/C36H48F3N5O5/c1-7-8-18-48-29-22-25(43-16-19-47-20-17-43)21-27-31(29)42(6)33(45)41-32(27)40-23(2)26-10-9-11-28(30(26)37)36(38,39)24-12-14-44(15-13-24)34(46)49-35(3,4)5/h9-11,21-24H,7-8,12-20H2,1-6H3,(H,40,41,45)/t23-/m1/s1. The maximum absolute atomic E-state index is 16.1. The summed E-state index contributed by atoms with van der Waals surface area (Å²) in [7, 11) is 1.62. The van der Waals surface area contributed by atoms with Gasteiger partial charge < -0.3 is 29.3 Å². The molecule has 2 fully saturated rings. The Morgan fingerprint density at radius 3 is 2.47 bits per heavy atom. The van der Waals surface area contributed by atoms with E-state index < -0.39 is 46.6 Å². The Bertz CT molecular complexity index is 1700. The lowest BCUT2D eigenvalue weighted by Crippen LogP contribution is -2.44. The second-order valence-corrected chi connectivity index (χ2v) is 13.9. The normalized spacial score (nSPS) is 16.9. The van der Waals surface area contributed by atoms with E-state index in [4.69, 9.17) is 14.2 Å². The van der Waals surface area contributed by atoms with Crippen molar-refractivity contribution in [2.75, 3.05) is 56.2 Å². The first kappa shape index (κ1) is 36.3. The minimum atomic E-state index is -3.48. The Hall–Kier alpha value is -4.00. The molecule has 1 N–H and O–H groups in total. The van der Waals surface area contributed by atoms with Crippen LogP contribution >= 0.6 is 0 Å². The molecule has 2 aliphatic rings. The van der Waals surface area contributed by atoms with Gasteiger partial charge in [-0.15, -0.1) is 0 Å². The van der Waals surface area contributed by atoms with E-state index in [-0.39, 0.29) is 37.3 Å². The number of likely N-dealkylation sites (tertiary alicyclic amines) is 1. The molecule has 5 rings (SSSR count). The molecule has 2 aliphatic heterocycles. The molecule has 0 radical (unpaired) electrons. The highest BCUT2D eigenvalue weighted by atomic mass is 19.3. The molecule has 0 spiro atoms. The molecule has 0 aliphatic carbocycles. The number of halogens is 3. The molecule has 13 heteroatoms. The Balaban J connectivity index is 1.43. The smallest absolute Gasteiger partial charge is 0.410 e. The number of nitrogens with one attached hydrogen (secondary N) is 1. The predicted molar refractivity (Wildman–Crippen MR) is 183 cm³/mol. The second-order valence-electron chi connectivity index (χ2n) is 13.9. The van der Waals surface area contributed by atoms with Gasteiger partial charge in [-0.1, -0.05) is 31.5 Å². The highest BCUT2D eigenvalue weighted by Gasteiger charge is 2.46. The van der Waals surface area contributed by atoms with Gasteiger partial charge in [0.2, 0.25) is 0 Å². The van der Waals surface area contributed by atoms with Crippen LogP contribution in [0.2, 0.25) is 0 Å². The predicted octanol–water partition coefficient (Wildman–Crippen LogP) is 7.00.